The average Bonchev–Trinajstić information content (AvgIpc) is 2.49. The van der Waals surface area contributed by atoms with Crippen molar-refractivity contribution >= 4 is 6.08 Å². The summed E-state index contributed by atoms with van der Waals surface area (Å²) in [4.78, 5) is 0. The second-order valence-electron chi connectivity index (χ2n) is 3.03. The van der Waals surface area contributed by atoms with Crippen LogP contribution in [0.2, 0.25) is 0 Å². The predicted molar refractivity (Wildman–Crippen MR) is 85.5 cm³/mol. The largest absolute Gasteiger partial charge is 0.333 e. The summed E-state index contributed by atoms with van der Waals surface area (Å²) in [7, 11) is 1.50. The Bertz CT molecular complexity index is 345. The van der Waals surface area contributed by atoms with Crippen LogP contribution in [-0.2, 0) is 0 Å². The Morgan fingerprint density at radius 3 is 1.94 bits per heavy atom. The Morgan fingerprint density at radius 1 is 0.944 bits per heavy atom. The Kier molecular flexibility index (Phi) is 16.0. The molecule has 1 aromatic rings. The van der Waals surface area contributed by atoms with Crippen molar-refractivity contribution < 1.29 is 0 Å². The molecule has 0 aliphatic carbocycles. The fourth-order valence-corrected chi connectivity index (χ4v) is 1.20. The van der Waals surface area contributed by atoms with Gasteiger partial charge in [0.1, 0.15) is 0 Å². The number of rotatable bonds is 3. The lowest BCUT2D eigenvalue weighted by Gasteiger charge is -1.93. The molecule has 0 saturated carbocycles. The predicted octanol–water partition coefficient (Wildman–Crippen LogP) is 4.82. The van der Waals surface area contributed by atoms with Gasteiger partial charge in [-0.2, -0.15) is 0 Å². The molecular weight excluding hydrogens is 218 g/mol. The van der Waals surface area contributed by atoms with Gasteiger partial charge in [-0.3, -0.25) is 0 Å². The van der Waals surface area contributed by atoms with Gasteiger partial charge < -0.3 is 5.73 Å². The van der Waals surface area contributed by atoms with Crippen LogP contribution in [0.4, 0.5) is 0 Å². The van der Waals surface area contributed by atoms with Crippen LogP contribution in [0, 0.1) is 0 Å². The molecule has 0 fully saturated rings. The molecule has 0 amide bonds. The van der Waals surface area contributed by atoms with Gasteiger partial charge in [-0.25, -0.2) is 0 Å². The standard InChI is InChI=1S/C14H16.C2H6.CH5N/c1-3-8-13(4-2)11-12-14-9-6-5-7-10-14;2*1-2/h3-12H,1-2H3;1-2H3;2H2,1H3/b8-3-,12-11+,13-4+;;. The van der Waals surface area contributed by atoms with Gasteiger partial charge in [0.15, 0.2) is 0 Å². The highest BCUT2D eigenvalue weighted by molar-refractivity contribution is 5.54. The Balaban J connectivity index is 0. The highest BCUT2D eigenvalue weighted by Crippen LogP contribution is 2.05. The molecule has 0 radical (unpaired) electrons. The van der Waals surface area contributed by atoms with Gasteiger partial charge in [0.05, 0.1) is 0 Å². The van der Waals surface area contributed by atoms with E-state index in [9.17, 15) is 0 Å². The van der Waals surface area contributed by atoms with E-state index in [1.54, 1.807) is 0 Å². The Labute approximate surface area is 113 Å². The quantitative estimate of drug-likeness (QED) is 0.759. The molecule has 0 aromatic heterocycles. The first-order valence-electron chi connectivity index (χ1n) is 6.46. The monoisotopic (exact) mass is 245 g/mol. The molecule has 0 spiro atoms. The molecule has 0 atom stereocenters. The topological polar surface area (TPSA) is 26.0 Å². The van der Waals surface area contributed by atoms with E-state index in [0.29, 0.717) is 0 Å². The van der Waals surface area contributed by atoms with Gasteiger partial charge in [-0.1, -0.05) is 74.6 Å². The van der Waals surface area contributed by atoms with Crippen LogP contribution in [0.3, 0.4) is 0 Å². The molecule has 1 heteroatoms. The summed E-state index contributed by atoms with van der Waals surface area (Å²) in [5.41, 5.74) is 6.97. The zero-order chi connectivity index (χ0) is 14.2. The Morgan fingerprint density at radius 2 is 1.50 bits per heavy atom. The van der Waals surface area contributed by atoms with E-state index in [2.05, 4.69) is 42.2 Å². The zero-order valence-corrected chi connectivity index (χ0v) is 12.4. The maximum Gasteiger partial charge on any atom is -0.0195 e. The maximum absolute atomic E-state index is 4.50. The lowest BCUT2D eigenvalue weighted by molar-refractivity contribution is 1.48. The van der Waals surface area contributed by atoms with Crippen molar-refractivity contribution in [1.29, 1.82) is 0 Å². The van der Waals surface area contributed by atoms with E-state index in [1.165, 1.54) is 18.2 Å². The number of hydrogen-bond acceptors (Lipinski definition) is 1. The third-order valence-electron chi connectivity index (χ3n) is 1.96. The normalized spacial score (nSPS) is 10.7. The van der Waals surface area contributed by atoms with Crippen molar-refractivity contribution in [3.63, 3.8) is 0 Å². The van der Waals surface area contributed by atoms with Gasteiger partial charge in [-0.15, -0.1) is 0 Å². The first-order chi connectivity index (χ1) is 8.86. The fraction of sp³-hybridized carbons (Fsp3) is 0.294. The highest BCUT2D eigenvalue weighted by Gasteiger charge is 1.84. The minimum absolute atomic E-state index is 1.23. The van der Waals surface area contributed by atoms with Gasteiger partial charge in [0, 0.05) is 0 Å². The number of benzene rings is 1. The van der Waals surface area contributed by atoms with E-state index in [1.807, 2.05) is 52.0 Å². The zero-order valence-electron chi connectivity index (χ0n) is 12.4. The van der Waals surface area contributed by atoms with E-state index >= 15 is 0 Å². The Hall–Kier alpha value is -1.60. The van der Waals surface area contributed by atoms with Crippen LogP contribution in [0.5, 0.6) is 0 Å². The molecule has 0 heterocycles. The van der Waals surface area contributed by atoms with Crippen LogP contribution in [0.1, 0.15) is 33.3 Å². The first-order valence-corrected chi connectivity index (χ1v) is 6.46. The SMILES string of the molecule is CC.CN.C\C=C/C(/C=C/c1ccccc1)=C\C. The third-order valence-corrected chi connectivity index (χ3v) is 1.96. The smallest absolute Gasteiger partial charge is 0.0195 e. The van der Waals surface area contributed by atoms with Crippen molar-refractivity contribution in [2.75, 3.05) is 7.05 Å². The summed E-state index contributed by atoms with van der Waals surface area (Å²) in [6.07, 6.45) is 10.5. The lowest BCUT2D eigenvalue weighted by atomic mass is 10.1. The van der Waals surface area contributed by atoms with Crippen LogP contribution < -0.4 is 5.73 Å². The summed E-state index contributed by atoms with van der Waals surface area (Å²) < 4.78 is 0. The number of allylic oxidation sites excluding steroid dienone is 5. The first kappa shape index (κ1) is 18.8. The van der Waals surface area contributed by atoms with Crippen LogP contribution in [0.25, 0.3) is 6.08 Å². The van der Waals surface area contributed by atoms with Crippen LogP contribution >= 0.6 is 0 Å². The number of nitrogens with two attached hydrogens (primary N) is 1. The minimum atomic E-state index is 1.23. The van der Waals surface area contributed by atoms with E-state index in [4.69, 9.17) is 0 Å². The lowest BCUT2D eigenvalue weighted by Crippen LogP contribution is -1.71. The maximum atomic E-state index is 4.50. The van der Waals surface area contributed by atoms with E-state index in [-0.39, 0.29) is 0 Å². The molecule has 0 saturated heterocycles. The van der Waals surface area contributed by atoms with Gasteiger partial charge in [0.2, 0.25) is 0 Å². The molecule has 1 aromatic carbocycles. The molecule has 0 unspecified atom stereocenters. The van der Waals surface area contributed by atoms with Gasteiger partial charge in [0.25, 0.3) is 0 Å². The second kappa shape index (κ2) is 15.4. The molecule has 100 valence electrons. The second-order valence-corrected chi connectivity index (χ2v) is 3.03. The van der Waals surface area contributed by atoms with Gasteiger partial charge in [-0.05, 0) is 32.0 Å². The summed E-state index contributed by atoms with van der Waals surface area (Å²) in [6.45, 7) is 8.07. The van der Waals surface area contributed by atoms with Crippen LogP contribution in [-0.4, -0.2) is 7.05 Å². The van der Waals surface area contributed by atoms with Crippen molar-refractivity contribution in [3.05, 3.63) is 65.8 Å². The summed E-state index contributed by atoms with van der Waals surface area (Å²) in [5.74, 6) is 0. The highest BCUT2D eigenvalue weighted by atomic mass is 14.4. The molecule has 2 N–H and O–H groups in total. The van der Waals surface area contributed by atoms with E-state index in [0.717, 1.165) is 0 Å². The van der Waals surface area contributed by atoms with Crippen LogP contribution in [0.15, 0.2) is 60.2 Å². The van der Waals surface area contributed by atoms with Crippen molar-refractivity contribution in [2.24, 2.45) is 5.73 Å². The molecule has 1 nitrogen and oxygen atoms in total. The van der Waals surface area contributed by atoms with Gasteiger partial charge >= 0.3 is 0 Å². The van der Waals surface area contributed by atoms with E-state index < -0.39 is 0 Å². The summed E-state index contributed by atoms with van der Waals surface area (Å²) >= 11 is 0. The van der Waals surface area contributed by atoms with Crippen molar-refractivity contribution in [3.8, 4) is 0 Å². The molecule has 0 aliphatic rings. The molecule has 0 bridgehead atoms. The number of hydrogen-bond donors (Lipinski definition) is 1. The fourth-order valence-electron chi connectivity index (χ4n) is 1.20. The van der Waals surface area contributed by atoms with Crippen molar-refractivity contribution in [1.82, 2.24) is 0 Å². The summed E-state index contributed by atoms with van der Waals surface area (Å²) in [6, 6.07) is 10.3. The third kappa shape index (κ3) is 9.61. The molecule has 18 heavy (non-hydrogen) atoms. The minimum Gasteiger partial charge on any atom is -0.333 e. The average molecular weight is 245 g/mol. The molecule has 0 aliphatic heterocycles. The molecular formula is C17H27N. The van der Waals surface area contributed by atoms with Crippen molar-refractivity contribution in [2.45, 2.75) is 27.7 Å². The summed E-state index contributed by atoms with van der Waals surface area (Å²) in [5, 5.41) is 0. The molecule has 1 rings (SSSR count).